The molecule has 2 aliphatic carbocycles. The van der Waals surface area contributed by atoms with Crippen LogP contribution in [0.1, 0.15) is 74.7 Å². The lowest BCUT2D eigenvalue weighted by Crippen LogP contribution is -2.08. The molecule has 2 fully saturated rings. The second-order valence-corrected chi connectivity index (χ2v) is 6.57. The van der Waals surface area contributed by atoms with E-state index in [-0.39, 0.29) is 0 Å². The van der Waals surface area contributed by atoms with Crippen molar-refractivity contribution in [2.45, 2.75) is 63.3 Å². The molecule has 0 radical (unpaired) electrons. The normalized spacial score (nSPS) is 20.3. The molecule has 0 amide bonds. The first-order valence-electron chi connectivity index (χ1n) is 8.29. The number of benzene rings is 1. The summed E-state index contributed by atoms with van der Waals surface area (Å²) in [6.07, 6.45) is 10.5. The molecule has 0 bridgehead atoms. The molecule has 0 spiro atoms. The second-order valence-electron chi connectivity index (χ2n) is 6.57. The van der Waals surface area contributed by atoms with Crippen molar-refractivity contribution in [3.8, 4) is 6.07 Å². The van der Waals surface area contributed by atoms with E-state index >= 15 is 0 Å². The van der Waals surface area contributed by atoms with Gasteiger partial charge in [0, 0.05) is 12.0 Å². The Labute approximate surface area is 125 Å². The fourth-order valence-corrected chi connectivity index (χ4v) is 3.73. The molecule has 2 aromatic rings. The monoisotopic (exact) mass is 279 g/mol. The third kappa shape index (κ3) is 2.33. The lowest BCUT2D eigenvalue weighted by Gasteiger charge is -2.16. The molecule has 1 aromatic heterocycles. The van der Waals surface area contributed by atoms with Gasteiger partial charge in [0.1, 0.15) is 5.82 Å². The number of hydrogen-bond acceptors (Lipinski definition) is 2. The topological polar surface area (TPSA) is 41.6 Å². The minimum Gasteiger partial charge on any atom is -0.325 e. The average molecular weight is 279 g/mol. The third-order valence-electron chi connectivity index (χ3n) is 4.98. The summed E-state index contributed by atoms with van der Waals surface area (Å²) in [5.74, 6) is 1.91. The summed E-state index contributed by atoms with van der Waals surface area (Å²) in [5.41, 5.74) is 2.96. The molecule has 3 nitrogen and oxygen atoms in total. The summed E-state index contributed by atoms with van der Waals surface area (Å²) in [5, 5.41) is 9.10. The van der Waals surface area contributed by atoms with Crippen molar-refractivity contribution in [2.75, 3.05) is 0 Å². The molecule has 0 N–H and O–H groups in total. The Hall–Kier alpha value is -1.82. The highest BCUT2D eigenvalue weighted by Crippen LogP contribution is 2.42. The van der Waals surface area contributed by atoms with E-state index in [4.69, 9.17) is 10.2 Å². The highest BCUT2D eigenvalue weighted by atomic mass is 15.1. The van der Waals surface area contributed by atoms with E-state index < -0.39 is 0 Å². The van der Waals surface area contributed by atoms with Gasteiger partial charge in [0.15, 0.2) is 0 Å². The Morgan fingerprint density at radius 3 is 2.48 bits per heavy atom. The zero-order valence-corrected chi connectivity index (χ0v) is 12.4. The zero-order valence-electron chi connectivity index (χ0n) is 12.4. The Morgan fingerprint density at radius 1 is 1.05 bits per heavy atom. The predicted octanol–water partition coefficient (Wildman–Crippen LogP) is 4.68. The molecule has 108 valence electrons. The van der Waals surface area contributed by atoms with Crippen molar-refractivity contribution in [3.05, 3.63) is 29.6 Å². The first-order valence-corrected chi connectivity index (χ1v) is 8.29. The van der Waals surface area contributed by atoms with Crippen LogP contribution in [0.3, 0.4) is 0 Å². The molecule has 0 unspecified atom stereocenters. The second kappa shape index (κ2) is 5.18. The first kappa shape index (κ1) is 12.9. The highest BCUT2D eigenvalue weighted by molar-refractivity contribution is 5.78. The van der Waals surface area contributed by atoms with Crippen molar-refractivity contribution < 1.29 is 0 Å². The lowest BCUT2D eigenvalue weighted by atomic mass is 9.99. The van der Waals surface area contributed by atoms with Crippen LogP contribution in [-0.4, -0.2) is 9.55 Å². The van der Waals surface area contributed by atoms with E-state index in [9.17, 15) is 0 Å². The predicted molar refractivity (Wildman–Crippen MR) is 83.2 cm³/mol. The van der Waals surface area contributed by atoms with E-state index in [1.165, 1.54) is 62.7 Å². The SMILES string of the molecule is N#Cc1ccc2c(c1)nc(C1CCCCCC1)n2C1CC1. The smallest absolute Gasteiger partial charge is 0.113 e. The number of imidazole rings is 1. The fourth-order valence-electron chi connectivity index (χ4n) is 3.73. The molecular formula is C18H21N3. The molecule has 2 saturated carbocycles. The molecular weight excluding hydrogens is 258 g/mol. The molecule has 2 aliphatic rings. The average Bonchev–Trinajstić information content (AvgIpc) is 3.31. The Morgan fingerprint density at radius 2 is 1.81 bits per heavy atom. The molecule has 0 atom stereocenters. The van der Waals surface area contributed by atoms with Gasteiger partial charge < -0.3 is 4.57 Å². The molecule has 0 aliphatic heterocycles. The van der Waals surface area contributed by atoms with Gasteiger partial charge >= 0.3 is 0 Å². The first-order chi connectivity index (χ1) is 10.4. The molecule has 1 aromatic carbocycles. The van der Waals surface area contributed by atoms with E-state index in [1.54, 1.807) is 0 Å². The van der Waals surface area contributed by atoms with Crippen LogP contribution in [0.5, 0.6) is 0 Å². The quantitative estimate of drug-likeness (QED) is 0.749. The van der Waals surface area contributed by atoms with Crippen molar-refractivity contribution >= 4 is 11.0 Å². The summed E-state index contributed by atoms with van der Waals surface area (Å²) in [6, 6.07) is 8.87. The number of fused-ring (bicyclic) bond motifs is 1. The highest BCUT2D eigenvalue weighted by Gasteiger charge is 2.31. The number of rotatable bonds is 2. The Balaban J connectivity index is 1.82. The van der Waals surface area contributed by atoms with Gasteiger partial charge in [0.2, 0.25) is 0 Å². The molecule has 4 rings (SSSR count). The summed E-state index contributed by atoms with van der Waals surface area (Å²) < 4.78 is 2.49. The minimum absolute atomic E-state index is 0.617. The standard InChI is InChI=1S/C18H21N3/c19-12-13-7-10-17-16(11-13)20-18(21(17)15-8-9-15)14-5-3-1-2-4-6-14/h7,10-11,14-15H,1-6,8-9H2. The van der Waals surface area contributed by atoms with Crippen LogP contribution in [0, 0.1) is 11.3 Å². The van der Waals surface area contributed by atoms with Crippen molar-refractivity contribution in [3.63, 3.8) is 0 Å². The number of hydrogen-bond donors (Lipinski definition) is 0. The molecule has 0 saturated heterocycles. The largest absolute Gasteiger partial charge is 0.325 e. The maximum absolute atomic E-state index is 9.10. The van der Waals surface area contributed by atoms with Gasteiger partial charge in [-0.25, -0.2) is 4.98 Å². The van der Waals surface area contributed by atoms with E-state index in [0.29, 0.717) is 12.0 Å². The van der Waals surface area contributed by atoms with Gasteiger partial charge in [0.25, 0.3) is 0 Å². The van der Waals surface area contributed by atoms with Crippen LogP contribution in [0.2, 0.25) is 0 Å². The summed E-state index contributed by atoms with van der Waals surface area (Å²) in [4.78, 5) is 4.96. The Bertz CT molecular complexity index is 695. The fraction of sp³-hybridized carbons (Fsp3) is 0.556. The molecule has 21 heavy (non-hydrogen) atoms. The van der Waals surface area contributed by atoms with Crippen molar-refractivity contribution in [1.29, 1.82) is 5.26 Å². The van der Waals surface area contributed by atoms with Gasteiger partial charge in [0.05, 0.1) is 22.7 Å². The van der Waals surface area contributed by atoms with Crippen LogP contribution in [0.4, 0.5) is 0 Å². The lowest BCUT2D eigenvalue weighted by molar-refractivity contribution is 0.529. The van der Waals surface area contributed by atoms with Crippen LogP contribution in [-0.2, 0) is 0 Å². The van der Waals surface area contributed by atoms with Gasteiger partial charge in [-0.2, -0.15) is 5.26 Å². The van der Waals surface area contributed by atoms with Crippen LogP contribution in [0.15, 0.2) is 18.2 Å². The Kier molecular flexibility index (Phi) is 3.18. The van der Waals surface area contributed by atoms with Crippen molar-refractivity contribution in [2.24, 2.45) is 0 Å². The van der Waals surface area contributed by atoms with Gasteiger partial charge in [-0.1, -0.05) is 25.7 Å². The van der Waals surface area contributed by atoms with Crippen molar-refractivity contribution in [1.82, 2.24) is 9.55 Å². The van der Waals surface area contributed by atoms with Gasteiger partial charge in [-0.3, -0.25) is 0 Å². The third-order valence-corrected chi connectivity index (χ3v) is 4.98. The molecule has 1 heterocycles. The van der Waals surface area contributed by atoms with Crippen LogP contribution < -0.4 is 0 Å². The van der Waals surface area contributed by atoms with Gasteiger partial charge in [-0.15, -0.1) is 0 Å². The van der Waals surface area contributed by atoms with E-state index in [2.05, 4.69) is 16.7 Å². The summed E-state index contributed by atoms with van der Waals surface area (Å²) in [6.45, 7) is 0. The number of nitrogens with zero attached hydrogens (tertiary/aromatic N) is 3. The van der Waals surface area contributed by atoms with Gasteiger partial charge in [-0.05, 0) is 43.9 Å². The molecule has 3 heteroatoms. The van der Waals surface area contributed by atoms with Crippen LogP contribution >= 0.6 is 0 Å². The number of nitriles is 1. The van der Waals surface area contributed by atoms with E-state index in [1.807, 2.05) is 12.1 Å². The number of aromatic nitrogens is 2. The maximum atomic E-state index is 9.10. The summed E-state index contributed by atoms with van der Waals surface area (Å²) in [7, 11) is 0. The minimum atomic E-state index is 0.617. The van der Waals surface area contributed by atoms with Crippen LogP contribution in [0.25, 0.3) is 11.0 Å². The summed E-state index contributed by atoms with van der Waals surface area (Å²) >= 11 is 0. The van der Waals surface area contributed by atoms with E-state index in [0.717, 1.165) is 11.1 Å². The zero-order chi connectivity index (χ0) is 14.2. The maximum Gasteiger partial charge on any atom is 0.113 e.